The van der Waals surface area contributed by atoms with Crippen molar-refractivity contribution >= 4 is 11.7 Å². The van der Waals surface area contributed by atoms with E-state index in [1.807, 2.05) is 31.6 Å². The van der Waals surface area contributed by atoms with Crippen molar-refractivity contribution in [3.05, 3.63) is 42.4 Å². The molecular formula is C19H29N7O. The molecule has 0 aromatic carbocycles. The average Bonchev–Trinajstić information content (AvgIpc) is 3.09. The van der Waals surface area contributed by atoms with E-state index in [1.165, 1.54) is 0 Å². The molecule has 1 amide bonds. The van der Waals surface area contributed by atoms with Crippen LogP contribution in [0.5, 0.6) is 0 Å². The van der Waals surface area contributed by atoms with Crippen LogP contribution in [-0.2, 0) is 11.8 Å². The number of nitrogens with zero attached hydrogens (tertiary/aromatic N) is 5. The lowest BCUT2D eigenvalue weighted by Gasteiger charge is -2.36. The minimum Gasteiger partial charge on any atom is -0.354 e. The van der Waals surface area contributed by atoms with Gasteiger partial charge in [0.25, 0.3) is 0 Å². The molecule has 3 heterocycles. The van der Waals surface area contributed by atoms with Crippen LogP contribution >= 0.6 is 0 Å². The van der Waals surface area contributed by atoms with E-state index in [0.29, 0.717) is 0 Å². The molecule has 2 aromatic rings. The molecule has 8 nitrogen and oxygen atoms in total. The van der Waals surface area contributed by atoms with Gasteiger partial charge >= 0.3 is 0 Å². The first kappa shape index (κ1) is 19.3. The molecule has 0 saturated carbocycles. The Morgan fingerprint density at radius 2 is 2.04 bits per heavy atom. The molecule has 2 unspecified atom stereocenters. The number of hydrogen-bond donors (Lipinski definition) is 2. The Kier molecular flexibility index (Phi) is 6.41. The van der Waals surface area contributed by atoms with Crippen LogP contribution in [0.1, 0.15) is 18.5 Å². The zero-order valence-corrected chi connectivity index (χ0v) is 16.3. The molecule has 3 rings (SSSR count). The quantitative estimate of drug-likeness (QED) is 0.734. The van der Waals surface area contributed by atoms with Crippen molar-refractivity contribution in [2.75, 3.05) is 44.7 Å². The summed E-state index contributed by atoms with van der Waals surface area (Å²) in [7, 11) is 3.64. The van der Waals surface area contributed by atoms with Gasteiger partial charge in [0.2, 0.25) is 5.91 Å². The van der Waals surface area contributed by atoms with Crippen LogP contribution < -0.4 is 15.5 Å². The highest BCUT2D eigenvalue weighted by atomic mass is 16.2. The van der Waals surface area contributed by atoms with Crippen LogP contribution in [0.2, 0.25) is 0 Å². The smallest absolute Gasteiger partial charge is 0.242 e. The van der Waals surface area contributed by atoms with Gasteiger partial charge in [-0.15, -0.1) is 0 Å². The Hall–Kier alpha value is -2.45. The lowest BCUT2D eigenvalue weighted by Crippen LogP contribution is -2.52. The molecule has 2 atom stereocenters. The molecule has 2 aromatic heterocycles. The lowest BCUT2D eigenvalue weighted by molar-refractivity contribution is -0.123. The van der Waals surface area contributed by atoms with E-state index >= 15 is 0 Å². The summed E-state index contributed by atoms with van der Waals surface area (Å²) in [5.74, 6) is 1.01. The van der Waals surface area contributed by atoms with Gasteiger partial charge in [0.05, 0.1) is 6.20 Å². The van der Waals surface area contributed by atoms with E-state index in [1.54, 1.807) is 17.9 Å². The number of rotatable bonds is 7. The number of aryl methyl sites for hydroxylation is 1. The molecule has 1 saturated heterocycles. The van der Waals surface area contributed by atoms with Crippen LogP contribution in [0.15, 0.2) is 36.8 Å². The maximum Gasteiger partial charge on any atom is 0.242 e. The van der Waals surface area contributed by atoms with E-state index < -0.39 is 0 Å². The summed E-state index contributed by atoms with van der Waals surface area (Å²) in [6, 6.07) is 5.70. The monoisotopic (exact) mass is 371 g/mol. The third-order valence-electron chi connectivity index (χ3n) is 4.88. The predicted octanol–water partition coefficient (Wildman–Crippen LogP) is 0.403. The van der Waals surface area contributed by atoms with Crippen molar-refractivity contribution in [3.8, 4) is 0 Å². The Labute approximate surface area is 160 Å². The number of piperazine rings is 1. The summed E-state index contributed by atoms with van der Waals surface area (Å²) in [6.45, 7) is 6.73. The standard InChI is InChI=1S/C19H29N7O/c1-15(23-19(27)18(20-2)16-12-22-24(3)14-16)13-25-8-10-26(11-9-25)17-6-4-5-7-21-17/h4-7,12,14-15,18,20H,8-11,13H2,1-3H3,(H,23,27). The average molecular weight is 371 g/mol. The topological polar surface area (TPSA) is 78.3 Å². The fraction of sp³-hybridized carbons (Fsp3) is 0.526. The van der Waals surface area contributed by atoms with Crippen molar-refractivity contribution in [1.82, 2.24) is 30.3 Å². The van der Waals surface area contributed by atoms with E-state index in [0.717, 1.165) is 44.1 Å². The van der Waals surface area contributed by atoms with Gasteiger partial charge in [-0.1, -0.05) is 6.07 Å². The zero-order chi connectivity index (χ0) is 19.2. The summed E-state index contributed by atoms with van der Waals surface area (Å²) in [4.78, 5) is 21.7. The molecule has 1 aliphatic heterocycles. The van der Waals surface area contributed by atoms with Gasteiger partial charge in [0, 0.05) is 63.8 Å². The van der Waals surface area contributed by atoms with Gasteiger partial charge in [0.1, 0.15) is 11.9 Å². The Bertz CT molecular complexity index is 725. The van der Waals surface area contributed by atoms with Crippen molar-refractivity contribution in [3.63, 3.8) is 0 Å². The van der Waals surface area contributed by atoms with Gasteiger partial charge in [-0.2, -0.15) is 5.10 Å². The Morgan fingerprint density at radius 1 is 1.26 bits per heavy atom. The fourth-order valence-electron chi connectivity index (χ4n) is 3.50. The van der Waals surface area contributed by atoms with Gasteiger partial charge in [-0.05, 0) is 26.1 Å². The maximum atomic E-state index is 12.6. The number of carbonyl (C=O) groups is 1. The van der Waals surface area contributed by atoms with Gasteiger partial charge < -0.3 is 15.5 Å². The largest absolute Gasteiger partial charge is 0.354 e. The molecular weight excluding hydrogens is 342 g/mol. The number of aromatic nitrogens is 3. The van der Waals surface area contributed by atoms with Crippen LogP contribution in [0.3, 0.4) is 0 Å². The molecule has 1 fully saturated rings. The maximum absolute atomic E-state index is 12.6. The number of carbonyl (C=O) groups excluding carboxylic acids is 1. The number of amides is 1. The molecule has 146 valence electrons. The van der Waals surface area contributed by atoms with Gasteiger partial charge in [-0.3, -0.25) is 14.4 Å². The van der Waals surface area contributed by atoms with E-state index in [2.05, 4.69) is 43.5 Å². The summed E-state index contributed by atoms with van der Waals surface area (Å²) in [5, 5.41) is 10.3. The first-order valence-corrected chi connectivity index (χ1v) is 9.41. The summed E-state index contributed by atoms with van der Waals surface area (Å²) >= 11 is 0. The second kappa shape index (κ2) is 8.96. The lowest BCUT2D eigenvalue weighted by atomic mass is 10.1. The first-order chi connectivity index (χ1) is 13.1. The Balaban J connectivity index is 1.46. The molecule has 2 N–H and O–H groups in total. The molecule has 0 aliphatic carbocycles. The molecule has 0 radical (unpaired) electrons. The third kappa shape index (κ3) is 5.05. The highest BCUT2D eigenvalue weighted by Crippen LogP contribution is 2.14. The minimum absolute atomic E-state index is 0.0230. The molecule has 27 heavy (non-hydrogen) atoms. The Morgan fingerprint density at radius 3 is 2.63 bits per heavy atom. The van der Waals surface area contributed by atoms with Crippen molar-refractivity contribution in [2.45, 2.75) is 19.0 Å². The number of nitrogens with one attached hydrogen (secondary N) is 2. The van der Waals surface area contributed by atoms with Crippen LogP contribution in [0, 0.1) is 0 Å². The van der Waals surface area contributed by atoms with Gasteiger partial charge in [-0.25, -0.2) is 4.98 Å². The minimum atomic E-state index is -0.387. The highest BCUT2D eigenvalue weighted by Gasteiger charge is 2.24. The molecule has 0 bridgehead atoms. The normalized spacial score (nSPS) is 17.5. The summed E-state index contributed by atoms with van der Waals surface area (Å²) in [6.07, 6.45) is 5.42. The third-order valence-corrected chi connectivity index (χ3v) is 4.88. The van der Waals surface area contributed by atoms with Gasteiger partial charge in [0.15, 0.2) is 0 Å². The van der Waals surface area contributed by atoms with E-state index in [-0.39, 0.29) is 18.0 Å². The SMILES string of the molecule is CNC(C(=O)NC(C)CN1CCN(c2ccccn2)CC1)c1cnn(C)c1. The highest BCUT2D eigenvalue weighted by molar-refractivity contribution is 5.83. The van der Waals surface area contributed by atoms with Crippen molar-refractivity contribution in [2.24, 2.45) is 7.05 Å². The summed E-state index contributed by atoms with van der Waals surface area (Å²) < 4.78 is 1.71. The van der Waals surface area contributed by atoms with E-state index in [9.17, 15) is 4.79 Å². The second-order valence-corrected chi connectivity index (χ2v) is 7.05. The fourth-order valence-corrected chi connectivity index (χ4v) is 3.50. The number of hydrogen-bond acceptors (Lipinski definition) is 6. The zero-order valence-electron chi connectivity index (χ0n) is 16.3. The number of anilines is 1. The summed E-state index contributed by atoms with van der Waals surface area (Å²) in [5.41, 5.74) is 0.869. The number of likely N-dealkylation sites (N-methyl/N-ethyl adjacent to an activating group) is 1. The van der Waals surface area contributed by atoms with Crippen molar-refractivity contribution < 1.29 is 4.79 Å². The van der Waals surface area contributed by atoms with Crippen LogP contribution in [0.25, 0.3) is 0 Å². The van der Waals surface area contributed by atoms with Crippen molar-refractivity contribution in [1.29, 1.82) is 0 Å². The van der Waals surface area contributed by atoms with Crippen LogP contribution in [0.4, 0.5) is 5.82 Å². The molecule has 8 heteroatoms. The molecule has 0 spiro atoms. The van der Waals surface area contributed by atoms with E-state index in [4.69, 9.17) is 0 Å². The number of pyridine rings is 1. The van der Waals surface area contributed by atoms with Crippen LogP contribution in [-0.4, -0.2) is 71.4 Å². The predicted molar refractivity (Wildman–Crippen MR) is 106 cm³/mol. The first-order valence-electron chi connectivity index (χ1n) is 9.41. The molecule has 1 aliphatic rings. The second-order valence-electron chi connectivity index (χ2n) is 7.05.